The van der Waals surface area contributed by atoms with E-state index in [1.165, 1.54) is 11.1 Å². The number of carbonyl (C=O) groups is 1. The molecule has 94 valence electrons. The molecule has 0 heterocycles. The number of amides is 2. The van der Waals surface area contributed by atoms with Gasteiger partial charge in [0.1, 0.15) is 0 Å². The van der Waals surface area contributed by atoms with Crippen molar-refractivity contribution in [1.29, 1.82) is 0 Å². The number of hydrogen-bond acceptors (Lipinski definition) is 1. The Morgan fingerprint density at radius 1 is 1.41 bits per heavy atom. The summed E-state index contributed by atoms with van der Waals surface area (Å²) in [5.74, 6) is 0.422. The number of benzene rings is 1. The van der Waals surface area contributed by atoms with Crippen LogP contribution in [0.2, 0.25) is 0 Å². The zero-order chi connectivity index (χ0) is 12.8. The Balaban J connectivity index is 2.66. The van der Waals surface area contributed by atoms with Gasteiger partial charge < -0.3 is 10.6 Å². The molecule has 4 heteroatoms. The maximum atomic E-state index is 11.5. The minimum atomic E-state index is -0.181. The molecule has 1 atom stereocenters. The molecule has 0 saturated carbocycles. The molecule has 0 spiro atoms. The largest absolute Gasteiger partial charge is 0.337 e. The summed E-state index contributed by atoms with van der Waals surface area (Å²) < 4.78 is 0. The monoisotopic (exact) mass is 254 g/mol. The summed E-state index contributed by atoms with van der Waals surface area (Å²) in [5, 5.41) is 5.58. The normalized spacial score (nSPS) is 12.0. The van der Waals surface area contributed by atoms with Gasteiger partial charge in [-0.3, -0.25) is 0 Å². The molecular weight excluding hydrogens is 236 g/mol. The van der Waals surface area contributed by atoms with Gasteiger partial charge in [0.2, 0.25) is 0 Å². The van der Waals surface area contributed by atoms with Crippen LogP contribution < -0.4 is 10.6 Å². The second-order valence-corrected chi connectivity index (χ2v) is 4.55. The van der Waals surface area contributed by atoms with Crippen molar-refractivity contribution in [3.8, 4) is 0 Å². The van der Waals surface area contributed by atoms with Crippen molar-refractivity contribution in [2.24, 2.45) is 0 Å². The standard InChI is InChI=1S/C13H19ClN2O/c1-9-4-5-10(2)12(8-9)11(3)16-13(17)15-7-6-14/h4-5,8,11H,6-7H2,1-3H3,(H2,15,16,17)/t11-/m0/s1. The predicted octanol–water partition coefficient (Wildman–Crippen LogP) is 2.90. The van der Waals surface area contributed by atoms with Crippen molar-refractivity contribution >= 4 is 17.6 Å². The summed E-state index contributed by atoms with van der Waals surface area (Å²) in [4.78, 5) is 11.5. The summed E-state index contributed by atoms with van der Waals surface area (Å²) >= 11 is 5.50. The average molecular weight is 255 g/mol. The third-order valence-corrected chi connectivity index (χ3v) is 2.82. The fourth-order valence-corrected chi connectivity index (χ4v) is 1.81. The maximum absolute atomic E-state index is 11.5. The van der Waals surface area contributed by atoms with Gasteiger partial charge in [-0.2, -0.15) is 0 Å². The Hall–Kier alpha value is -1.22. The maximum Gasteiger partial charge on any atom is 0.315 e. The summed E-state index contributed by atoms with van der Waals surface area (Å²) in [6, 6.07) is 6.05. The van der Waals surface area contributed by atoms with Crippen LogP contribution in [-0.2, 0) is 0 Å². The van der Waals surface area contributed by atoms with Crippen LogP contribution in [0.4, 0.5) is 4.79 Å². The molecule has 0 aliphatic heterocycles. The Bertz CT molecular complexity index is 393. The SMILES string of the molecule is Cc1ccc(C)c([C@H](C)NC(=O)NCCCl)c1. The fraction of sp³-hybridized carbons (Fsp3) is 0.462. The van der Waals surface area contributed by atoms with Crippen LogP contribution in [-0.4, -0.2) is 18.5 Å². The van der Waals surface area contributed by atoms with Crippen molar-refractivity contribution in [2.75, 3.05) is 12.4 Å². The molecule has 0 unspecified atom stereocenters. The van der Waals surface area contributed by atoms with Crippen LogP contribution >= 0.6 is 11.6 Å². The number of alkyl halides is 1. The Kier molecular flexibility index (Phi) is 5.29. The molecule has 17 heavy (non-hydrogen) atoms. The molecule has 1 aromatic carbocycles. The van der Waals surface area contributed by atoms with E-state index >= 15 is 0 Å². The van der Waals surface area contributed by atoms with E-state index in [1.807, 2.05) is 20.8 Å². The van der Waals surface area contributed by atoms with Crippen LogP contribution in [0.1, 0.15) is 29.7 Å². The molecule has 2 N–H and O–H groups in total. The lowest BCUT2D eigenvalue weighted by molar-refractivity contribution is 0.238. The molecule has 2 amide bonds. The van der Waals surface area contributed by atoms with E-state index in [9.17, 15) is 4.79 Å². The van der Waals surface area contributed by atoms with Gasteiger partial charge in [-0.15, -0.1) is 11.6 Å². The highest BCUT2D eigenvalue weighted by atomic mass is 35.5. The van der Waals surface area contributed by atoms with Crippen molar-refractivity contribution in [2.45, 2.75) is 26.8 Å². The van der Waals surface area contributed by atoms with Gasteiger partial charge in [-0.25, -0.2) is 4.79 Å². The lowest BCUT2D eigenvalue weighted by Crippen LogP contribution is -2.38. The van der Waals surface area contributed by atoms with E-state index in [4.69, 9.17) is 11.6 Å². The van der Waals surface area contributed by atoms with Crippen LogP contribution in [0.15, 0.2) is 18.2 Å². The molecule has 0 aromatic heterocycles. The van der Waals surface area contributed by atoms with Gasteiger partial charge in [0.25, 0.3) is 0 Å². The number of carbonyl (C=O) groups excluding carboxylic acids is 1. The fourth-order valence-electron chi connectivity index (χ4n) is 1.71. The predicted molar refractivity (Wildman–Crippen MR) is 71.6 cm³/mol. The summed E-state index contributed by atoms with van der Waals surface area (Å²) in [6.07, 6.45) is 0. The molecule has 3 nitrogen and oxygen atoms in total. The molecule has 0 aliphatic carbocycles. The first-order chi connectivity index (χ1) is 8.04. The van der Waals surface area contributed by atoms with Crippen LogP contribution in [0.25, 0.3) is 0 Å². The molecular formula is C13H19ClN2O. The Morgan fingerprint density at radius 3 is 2.76 bits per heavy atom. The van der Waals surface area contributed by atoms with Gasteiger partial charge in [-0.05, 0) is 31.9 Å². The van der Waals surface area contributed by atoms with Gasteiger partial charge in [0, 0.05) is 12.4 Å². The van der Waals surface area contributed by atoms with Gasteiger partial charge in [0.05, 0.1) is 6.04 Å². The van der Waals surface area contributed by atoms with Crippen molar-refractivity contribution < 1.29 is 4.79 Å². The lowest BCUT2D eigenvalue weighted by Gasteiger charge is -2.17. The van der Waals surface area contributed by atoms with Crippen molar-refractivity contribution in [1.82, 2.24) is 10.6 Å². The van der Waals surface area contributed by atoms with Gasteiger partial charge in [-0.1, -0.05) is 23.8 Å². The van der Waals surface area contributed by atoms with Crippen LogP contribution in [0, 0.1) is 13.8 Å². The second kappa shape index (κ2) is 6.50. The molecule has 0 saturated heterocycles. The van der Waals surface area contributed by atoms with E-state index in [0.29, 0.717) is 12.4 Å². The minimum absolute atomic E-state index is 0.00905. The van der Waals surface area contributed by atoms with Gasteiger partial charge in [0.15, 0.2) is 0 Å². The first-order valence-corrected chi connectivity index (χ1v) is 6.25. The Morgan fingerprint density at radius 2 is 2.12 bits per heavy atom. The average Bonchev–Trinajstić information content (AvgIpc) is 2.29. The Labute approximate surface area is 108 Å². The lowest BCUT2D eigenvalue weighted by atomic mass is 10.0. The summed E-state index contributed by atoms with van der Waals surface area (Å²) in [6.45, 7) is 6.54. The third kappa shape index (κ3) is 4.27. The quantitative estimate of drug-likeness (QED) is 0.797. The van der Waals surface area contributed by atoms with Crippen molar-refractivity contribution in [3.05, 3.63) is 34.9 Å². The highest BCUT2D eigenvalue weighted by molar-refractivity contribution is 6.18. The van der Waals surface area contributed by atoms with E-state index < -0.39 is 0 Å². The molecule has 1 aromatic rings. The number of aryl methyl sites for hydroxylation is 2. The molecule has 0 aliphatic rings. The molecule has 0 fully saturated rings. The number of nitrogens with one attached hydrogen (secondary N) is 2. The first-order valence-electron chi connectivity index (χ1n) is 5.72. The zero-order valence-electron chi connectivity index (χ0n) is 10.5. The number of hydrogen-bond donors (Lipinski definition) is 2. The highest BCUT2D eigenvalue weighted by Crippen LogP contribution is 2.18. The van der Waals surface area contributed by atoms with E-state index in [2.05, 4.69) is 28.8 Å². The summed E-state index contributed by atoms with van der Waals surface area (Å²) in [7, 11) is 0. The molecule has 0 bridgehead atoms. The summed E-state index contributed by atoms with van der Waals surface area (Å²) in [5.41, 5.74) is 3.52. The van der Waals surface area contributed by atoms with E-state index in [-0.39, 0.29) is 12.1 Å². The van der Waals surface area contributed by atoms with Crippen LogP contribution in [0.5, 0.6) is 0 Å². The highest BCUT2D eigenvalue weighted by Gasteiger charge is 2.11. The third-order valence-electron chi connectivity index (χ3n) is 2.63. The molecule has 1 rings (SSSR count). The second-order valence-electron chi connectivity index (χ2n) is 4.17. The molecule has 0 radical (unpaired) electrons. The first kappa shape index (κ1) is 13.8. The van der Waals surface area contributed by atoms with Gasteiger partial charge >= 0.3 is 6.03 Å². The van der Waals surface area contributed by atoms with Crippen molar-refractivity contribution in [3.63, 3.8) is 0 Å². The topological polar surface area (TPSA) is 41.1 Å². The number of urea groups is 1. The van der Waals surface area contributed by atoms with Crippen LogP contribution in [0.3, 0.4) is 0 Å². The zero-order valence-corrected chi connectivity index (χ0v) is 11.3. The van der Waals surface area contributed by atoms with E-state index in [0.717, 1.165) is 5.56 Å². The number of halogens is 1. The number of rotatable bonds is 4. The minimum Gasteiger partial charge on any atom is -0.337 e. The van der Waals surface area contributed by atoms with E-state index in [1.54, 1.807) is 0 Å². The smallest absolute Gasteiger partial charge is 0.315 e.